The number of carbonyl (C=O) groups excluding carboxylic acids is 2. The van der Waals surface area contributed by atoms with E-state index < -0.39 is 0 Å². The van der Waals surface area contributed by atoms with Gasteiger partial charge >= 0.3 is 0 Å². The Labute approximate surface area is 151 Å². The molecule has 0 aliphatic carbocycles. The first-order valence-electron chi connectivity index (χ1n) is 7.93. The Morgan fingerprint density at radius 3 is 2.71 bits per heavy atom. The maximum Gasteiger partial charge on any atom is 0.221 e. The molecule has 1 aromatic carbocycles. The fraction of sp³-hybridized carbons (Fsp3) is 0.389. The largest absolute Gasteiger partial charge is 0.347 e. The van der Waals surface area contributed by atoms with Crippen molar-refractivity contribution in [2.75, 3.05) is 0 Å². The third-order valence-corrected chi connectivity index (χ3v) is 4.64. The summed E-state index contributed by atoms with van der Waals surface area (Å²) in [5.74, 6) is 0.223. The second kappa shape index (κ2) is 8.94. The van der Waals surface area contributed by atoms with E-state index >= 15 is 0 Å². The lowest BCUT2D eigenvalue weighted by Crippen LogP contribution is -2.29. The number of nitrogens with zero attached hydrogens (tertiary/aromatic N) is 1. The topological polar surface area (TPSA) is 59.1 Å². The molecule has 2 rings (SSSR count). The van der Waals surface area contributed by atoms with Crippen LogP contribution in [-0.4, -0.2) is 16.7 Å². The molecule has 0 bridgehead atoms. The molecule has 2 aromatic rings. The maximum absolute atomic E-state index is 12.2. The number of rotatable bonds is 8. The highest BCUT2D eigenvalue weighted by atomic mass is 35.5. The van der Waals surface area contributed by atoms with Crippen LogP contribution < -0.4 is 5.32 Å². The Hall–Kier alpha value is -1.72. The van der Waals surface area contributed by atoms with Gasteiger partial charge in [0.05, 0.1) is 6.04 Å². The smallest absolute Gasteiger partial charge is 0.221 e. The van der Waals surface area contributed by atoms with Crippen molar-refractivity contribution < 1.29 is 9.59 Å². The predicted molar refractivity (Wildman–Crippen MR) is 97.5 cm³/mol. The zero-order chi connectivity index (χ0) is 17.5. The van der Waals surface area contributed by atoms with Crippen molar-refractivity contribution in [2.24, 2.45) is 5.92 Å². The van der Waals surface area contributed by atoms with Crippen LogP contribution in [0.3, 0.4) is 0 Å². The minimum absolute atomic E-state index is 0.0812. The van der Waals surface area contributed by atoms with Crippen LogP contribution in [0.4, 0.5) is 0 Å². The van der Waals surface area contributed by atoms with Crippen LogP contribution in [0.15, 0.2) is 35.8 Å². The van der Waals surface area contributed by atoms with Crippen molar-refractivity contribution >= 4 is 34.6 Å². The van der Waals surface area contributed by atoms with Crippen LogP contribution in [0, 0.1) is 5.92 Å². The van der Waals surface area contributed by atoms with Gasteiger partial charge in [0.15, 0.2) is 5.78 Å². The second-order valence-electron chi connectivity index (χ2n) is 6.05. The molecule has 4 nitrogen and oxygen atoms in total. The van der Waals surface area contributed by atoms with Crippen molar-refractivity contribution in [3.8, 4) is 0 Å². The van der Waals surface area contributed by atoms with Crippen molar-refractivity contribution in [1.29, 1.82) is 0 Å². The van der Waals surface area contributed by atoms with E-state index in [2.05, 4.69) is 24.1 Å². The molecule has 1 atom stereocenters. The van der Waals surface area contributed by atoms with Gasteiger partial charge in [-0.1, -0.05) is 37.6 Å². The van der Waals surface area contributed by atoms with Gasteiger partial charge in [-0.15, -0.1) is 11.3 Å². The number of halogens is 1. The lowest BCUT2D eigenvalue weighted by atomic mass is 10.0. The van der Waals surface area contributed by atoms with Crippen LogP contribution in [-0.2, 0) is 4.79 Å². The highest BCUT2D eigenvalue weighted by molar-refractivity contribution is 7.09. The molecule has 1 N–H and O–H groups in total. The van der Waals surface area contributed by atoms with Gasteiger partial charge in [0.25, 0.3) is 0 Å². The number of hydrogen-bond donors (Lipinski definition) is 1. The van der Waals surface area contributed by atoms with Crippen LogP contribution in [0.5, 0.6) is 0 Å². The van der Waals surface area contributed by atoms with Crippen LogP contribution in [0.25, 0.3) is 0 Å². The summed E-state index contributed by atoms with van der Waals surface area (Å²) in [7, 11) is 0. The number of carbonyl (C=O) groups is 2. The molecule has 1 amide bonds. The molecule has 1 heterocycles. The van der Waals surface area contributed by atoms with Gasteiger partial charge in [-0.25, -0.2) is 4.98 Å². The van der Waals surface area contributed by atoms with Crippen LogP contribution in [0.2, 0.25) is 5.02 Å². The summed E-state index contributed by atoms with van der Waals surface area (Å²) in [6.07, 6.45) is 2.88. The Kier molecular flexibility index (Phi) is 6.94. The van der Waals surface area contributed by atoms with E-state index in [1.165, 1.54) is 11.3 Å². The van der Waals surface area contributed by atoms with Gasteiger partial charge < -0.3 is 5.32 Å². The van der Waals surface area contributed by atoms with E-state index in [1.807, 2.05) is 5.38 Å². The Morgan fingerprint density at radius 1 is 1.29 bits per heavy atom. The van der Waals surface area contributed by atoms with E-state index in [4.69, 9.17) is 11.6 Å². The summed E-state index contributed by atoms with van der Waals surface area (Å²) in [6, 6.07) is 6.69. The highest BCUT2D eigenvalue weighted by Crippen LogP contribution is 2.23. The molecule has 24 heavy (non-hydrogen) atoms. The quantitative estimate of drug-likeness (QED) is 0.693. The summed E-state index contributed by atoms with van der Waals surface area (Å²) >= 11 is 7.42. The fourth-order valence-electron chi connectivity index (χ4n) is 2.40. The fourth-order valence-corrected chi connectivity index (χ4v) is 3.29. The molecule has 0 saturated carbocycles. The first-order chi connectivity index (χ1) is 11.5. The summed E-state index contributed by atoms with van der Waals surface area (Å²) in [4.78, 5) is 28.7. The van der Waals surface area contributed by atoms with Gasteiger partial charge in [0.2, 0.25) is 5.91 Å². The first kappa shape index (κ1) is 18.6. The molecular weight excluding hydrogens is 344 g/mol. The summed E-state index contributed by atoms with van der Waals surface area (Å²) in [5, 5.41) is 6.32. The molecule has 0 spiro atoms. The van der Waals surface area contributed by atoms with Gasteiger partial charge in [0, 0.05) is 35.0 Å². The predicted octanol–water partition coefficient (Wildman–Crippen LogP) is 4.66. The molecular formula is C18H21ClN2O2S. The molecule has 1 unspecified atom stereocenters. The zero-order valence-corrected chi connectivity index (χ0v) is 15.4. The Morgan fingerprint density at radius 2 is 2.08 bits per heavy atom. The second-order valence-corrected chi connectivity index (χ2v) is 7.42. The van der Waals surface area contributed by atoms with E-state index in [0.29, 0.717) is 16.5 Å². The number of thiazole rings is 1. The third kappa shape index (κ3) is 5.73. The highest BCUT2D eigenvalue weighted by Gasteiger charge is 2.19. The number of nitrogens with one attached hydrogen (secondary N) is 1. The van der Waals surface area contributed by atoms with Gasteiger partial charge in [-0.05, 0) is 24.5 Å². The Bertz CT molecular complexity index is 686. The van der Waals surface area contributed by atoms with Gasteiger partial charge in [-0.2, -0.15) is 0 Å². The number of amides is 1. The number of ketones is 1. The molecule has 0 radical (unpaired) electrons. The van der Waals surface area contributed by atoms with Gasteiger partial charge in [0.1, 0.15) is 5.01 Å². The zero-order valence-electron chi connectivity index (χ0n) is 13.8. The number of Topliss-reactive ketones (excluding diaryl/α,β-unsaturated/α-hetero) is 1. The standard InChI is InChI=1S/C18H21ClN2O2S/c1-12(2)10-15(18-20-8-9-24-18)21-17(23)7-6-16(22)13-4-3-5-14(19)11-13/h3-5,8-9,11-12,15H,6-7,10H2,1-2H3,(H,21,23). The molecule has 0 saturated heterocycles. The van der Waals surface area contributed by atoms with Crippen molar-refractivity contribution in [2.45, 2.75) is 39.2 Å². The van der Waals surface area contributed by atoms with E-state index in [-0.39, 0.29) is 30.6 Å². The number of hydrogen-bond acceptors (Lipinski definition) is 4. The molecule has 0 aliphatic rings. The molecule has 128 valence electrons. The number of benzene rings is 1. The van der Waals surface area contributed by atoms with E-state index in [0.717, 1.165) is 11.4 Å². The first-order valence-corrected chi connectivity index (χ1v) is 9.19. The van der Waals surface area contributed by atoms with E-state index in [9.17, 15) is 9.59 Å². The maximum atomic E-state index is 12.2. The van der Waals surface area contributed by atoms with Crippen LogP contribution >= 0.6 is 22.9 Å². The SMILES string of the molecule is CC(C)CC(NC(=O)CCC(=O)c1cccc(Cl)c1)c1nccs1. The average molecular weight is 365 g/mol. The van der Waals surface area contributed by atoms with Gasteiger partial charge in [-0.3, -0.25) is 9.59 Å². The lowest BCUT2D eigenvalue weighted by molar-refractivity contribution is -0.121. The Balaban J connectivity index is 1.90. The summed E-state index contributed by atoms with van der Waals surface area (Å²) in [6.45, 7) is 4.21. The summed E-state index contributed by atoms with van der Waals surface area (Å²) in [5.41, 5.74) is 0.536. The molecule has 0 fully saturated rings. The van der Waals surface area contributed by atoms with Crippen molar-refractivity contribution in [3.05, 3.63) is 51.4 Å². The monoisotopic (exact) mass is 364 g/mol. The summed E-state index contributed by atoms with van der Waals surface area (Å²) < 4.78 is 0. The molecule has 1 aromatic heterocycles. The normalized spacial score (nSPS) is 12.2. The minimum atomic E-state index is -0.133. The van der Waals surface area contributed by atoms with Crippen molar-refractivity contribution in [1.82, 2.24) is 10.3 Å². The minimum Gasteiger partial charge on any atom is -0.347 e. The van der Waals surface area contributed by atoms with E-state index in [1.54, 1.807) is 30.5 Å². The third-order valence-electron chi connectivity index (χ3n) is 3.52. The lowest BCUT2D eigenvalue weighted by Gasteiger charge is -2.18. The molecule has 6 heteroatoms. The number of aromatic nitrogens is 1. The average Bonchev–Trinajstić information content (AvgIpc) is 3.06. The van der Waals surface area contributed by atoms with Crippen molar-refractivity contribution in [3.63, 3.8) is 0 Å². The van der Waals surface area contributed by atoms with Crippen LogP contribution in [0.1, 0.15) is 54.5 Å². The molecule has 0 aliphatic heterocycles.